The Morgan fingerprint density at radius 3 is 2.74 bits per heavy atom. The molecule has 142 valence electrons. The maximum absolute atomic E-state index is 13.0. The topological polar surface area (TPSA) is 61.9 Å². The molecule has 3 N–H and O–H groups in total. The molecule has 1 heterocycles. The molecule has 1 aromatic heterocycles. The van der Waals surface area contributed by atoms with Crippen molar-refractivity contribution >= 4 is 34.8 Å². The van der Waals surface area contributed by atoms with Crippen LogP contribution in [-0.4, -0.2) is 21.6 Å². The van der Waals surface area contributed by atoms with Crippen LogP contribution in [0.2, 0.25) is 0 Å². The fraction of sp³-hybridized carbons (Fsp3) is 0.350. The van der Waals surface area contributed by atoms with E-state index in [0.29, 0.717) is 16.9 Å². The number of hydrogen-bond acceptors (Lipinski definition) is 4. The molecular weight excluding hydrogens is 361 g/mol. The van der Waals surface area contributed by atoms with Gasteiger partial charge in [0.2, 0.25) is 5.95 Å². The van der Waals surface area contributed by atoms with Crippen molar-refractivity contribution in [3.63, 3.8) is 0 Å². The van der Waals surface area contributed by atoms with Gasteiger partial charge in [-0.1, -0.05) is 11.6 Å². The van der Waals surface area contributed by atoms with Gasteiger partial charge in [0.1, 0.15) is 11.6 Å². The van der Waals surface area contributed by atoms with Gasteiger partial charge in [0, 0.05) is 24.0 Å². The van der Waals surface area contributed by atoms with E-state index >= 15 is 0 Å². The zero-order valence-corrected chi connectivity index (χ0v) is 16.2. The molecule has 0 saturated heterocycles. The highest BCUT2D eigenvalue weighted by Crippen LogP contribution is 2.19. The largest absolute Gasteiger partial charge is 0.362 e. The number of halogens is 1. The first-order chi connectivity index (χ1) is 13.1. The molecule has 0 radical (unpaired) electrons. The highest BCUT2D eigenvalue weighted by Gasteiger charge is 2.07. The van der Waals surface area contributed by atoms with E-state index in [2.05, 4.69) is 32.0 Å². The summed E-state index contributed by atoms with van der Waals surface area (Å²) in [6.07, 6.45) is 8.33. The van der Waals surface area contributed by atoms with Gasteiger partial charge in [0.05, 0.1) is 0 Å². The van der Waals surface area contributed by atoms with Crippen molar-refractivity contribution in [2.45, 2.75) is 39.0 Å². The summed E-state index contributed by atoms with van der Waals surface area (Å²) >= 11 is 5.35. The SMILES string of the molecule is Cc1cc(Nc2ccc(F)cc2)nc(NC(=S)NCCC2=CCCCC2)n1. The van der Waals surface area contributed by atoms with Crippen LogP contribution in [-0.2, 0) is 0 Å². The number of thiocarbonyl (C=S) groups is 1. The van der Waals surface area contributed by atoms with Crippen molar-refractivity contribution in [1.82, 2.24) is 15.3 Å². The zero-order valence-electron chi connectivity index (χ0n) is 15.4. The summed E-state index contributed by atoms with van der Waals surface area (Å²) < 4.78 is 13.0. The molecule has 0 bridgehead atoms. The van der Waals surface area contributed by atoms with Gasteiger partial charge < -0.3 is 16.0 Å². The van der Waals surface area contributed by atoms with Crippen LogP contribution in [0.25, 0.3) is 0 Å². The molecule has 0 aliphatic heterocycles. The number of nitrogens with zero attached hydrogens (tertiary/aromatic N) is 2. The van der Waals surface area contributed by atoms with Crippen LogP contribution in [0, 0.1) is 12.7 Å². The number of hydrogen-bond donors (Lipinski definition) is 3. The zero-order chi connectivity index (χ0) is 19.1. The summed E-state index contributed by atoms with van der Waals surface area (Å²) in [6.45, 7) is 2.68. The molecular formula is C20H24FN5S. The van der Waals surface area contributed by atoms with Gasteiger partial charge >= 0.3 is 0 Å². The quantitative estimate of drug-likeness (QED) is 0.488. The Labute approximate surface area is 164 Å². The van der Waals surface area contributed by atoms with Gasteiger partial charge in [0.15, 0.2) is 5.11 Å². The molecule has 0 unspecified atom stereocenters. The second-order valence-electron chi connectivity index (χ2n) is 6.59. The van der Waals surface area contributed by atoms with Crippen LogP contribution in [0.1, 0.15) is 37.8 Å². The molecule has 3 rings (SSSR count). The molecule has 0 atom stereocenters. The van der Waals surface area contributed by atoms with E-state index < -0.39 is 0 Å². The van der Waals surface area contributed by atoms with Crippen molar-refractivity contribution < 1.29 is 4.39 Å². The Hall–Kier alpha value is -2.54. The number of allylic oxidation sites excluding steroid dienone is 1. The first-order valence-electron chi connectivity index (χ1n) is 9.19. The predicted octanol–water partition coefficient (Wildman–Crippen LogP) is 4.84. The lowest BCUT2D eigenvalue weighted by Gasteiger charge is -2.14. The highest BCUT2D eigenvalue weighted by molar-refractivity contribution is 7.80. The van der Waals surface area contributed by atoms with Crippen LogP contribution < -0.4 is 16.0 Å². The van der Waals surface area contributed by atoms with E-state index in [0.717, 1.165) is 24.3 Å². The maximum Gasteiger partial charge on any atom is 0.231 e. The number of benzene rings is 1. The van der Waals surface area contributed by atoms with Gasteiger partial charge in [-0.15, -0.1) is 0 Å². The van der Waals surface area contributed by atoms with E-state index in [-0.39, 0.29) is 5.82 Å². The molecule has 1 aromatic carbocycles. The minimum atomic E-state index is -0.276. The Morgan fingerprint density at radius 2 is 2.00 bits per heavy atom. The van der Waals surface area contributed by atoms with Crippen molar-refractivity contribution in [2.24, 2.45) is 0 Å². The third-order valence-corrected chi connectivity index (χ3v) is 4.56. The molecule has 27 heavy (non-hydrogen) atoms. The number of nitrogens with one attached hydrogen (secondary N) is 3. The number of aryl methyl sites for hydroxylation is 1. The first-order valence-corrected chi connectivity index (χ1v) is 9.60. The molecule has 5 nitrogen and oxygen atoms in total. The lowest BCUT2D eigenvalue weighted by Crippen LogP contribution is -2.30. The number of aromatic nitrogens is 2. The van der Waals surface area contributed by atoms with Crippen LogP contribution >= 0.6 is 12.2 Å². The van der Waals surface area contributed by atoms with Gasteiger partial charge in [0.25, 0.3) is 0 Å². The molecule has 2 aromatic rings. The van der Waals surface area contributed by atoms with E-state index in [1.807, 2.05) is 13.0 Å². The van der Waals surface area contributed by atoms with E-state index in [9.17, 15) is 4.39 Å². The average Bonchev–Trinajstić information content (AvgIpc) is 2.64. The lowest BCUT2D eigenvalue weighted by atomic mass is 9.97. The van der Waals surface area contributed by atoms with Gasteiger partial charge in [-0.05, 0) is 75.5 Å². The normalized spacial score (nSPS) is 13.6. The molecule has 1 aliphatic rings. The molecule has 0 amide bonds. The Balaban J connectivity index is 1.54. The van der Waals surface area contributed by atoms with Crippen LogP contribution in [0.3, 0.4) is 0 Å². The van der Waals surface area contributed by atoms with Gasteiger partial charge in [-0.25, -0.2) is 9.37 Å². The summed E-state index contributed by atoms with van der Waals surface area (Å²) in [5.41, 5.74) is 3.06. The van der Waals surface area contributed by atoms with E-state index in [1.54, 1.807) is 12.1 Å². The standard InChI is InChI=1S/C20H24FN5S/c1-14-13-18(24-17-9-7-16(21)8-10-17)25-19(23-14)26-20(27)22-12-11-15-5-3-2-4-6-15/h5,7-10,13H,2-4,6,11-12H2,1H3,(H3,22,23,24,25,26,27). The Kier molecular flexibility index (Phi) is 6.70. The summed E-state index contributed by atoms with van der Waals surface area (Å²) in [7, 11) is 0. The number of anilines is 3. The van der Waals surface area contributed by atoms with Crippen LogP contribution in [0.4, 0.5) is 21.8 Å². The Morgan fingerprint density at radius 1 is 1.19 bits per heavy atom. The fourth-order valence-electron chi connectivity index (χ4n) is 2.98. The van der Waals surface area contributed by atoms with Gasteiger partial charge in [-0.2, -0.15) is 4.98 Å². The highest BCUT2D eigenvalue weighted by atomic mass is 32.1. The molecule has 0 fully saturated rings. The molecule has 7 heteroatoms. The van der Waals surface area contributed by atoms with Gasteiger partial charge in [-0.3, -0.25) is 0 Å². The molecule has 0 spiro atoms. The minimum Gasteiger partial charge on any atom is -0.362 e. The van der Waals surface area contributed by atoms with Crippen LogP contribution in [0.5, 0.6) is 0 Å². The second-order valence-corrected chi connectivity index (χ2v) is 7.00. The third kappa shape index (κ3) is 6.29. The second kappa shape index (κ2) is 9.41. The predicted molar refractivity (Wildman–Crippen MR) is 112 cm³/mol. The number of rotatable bonds is 6. The van der Waals surface area contributed by atoms with E-state index in [1.165, 1.54) is 43.4 Å². The van der Waals surface area contributed by atoms with Crippen molar-refractivity contribution in [2.75, 3.05) is 17.2 Å². The summed E-state index contributed by atoms with van der Waals surface area (Å²) in [5, 5.41) is 9.89. The smallest absolute Gasteiger partial charge is 0.231 e. The third-order valence-electron chi connectivity index (χ3n) is 4.31. The monoisotopic (exact) mass is 385 g/mol. The summed E-state index contributed by atoms with van der Waals surface area (Å²) in [5.74, 6) is 0.767. The summed E-state index contributed by atoms with van der Waals surface area (Å²) in [4.78, 5) is 8.79. The van der Waals surface area contributed by atoms with E-state index in [4.69, 9.17) is 12.2 Å². The Bertz CT molecular complexity index is 820. The fourth-order valence-corrected chi connectivity index (χ4v) is 3.18. The maximum atomic E-state index is 13.0. The minimum absolute atomic E-state index is 0.276. The average molecular weight is 386 g/mol. The van der Waals surface area contributed by atoms with Crippen molar-refractivity contribution in [1.29, 1.82) is 0 Å². The lowest BCUT2D eigenvalue weighted by molar-refractivity contribution is 0.628. The first kappa shape index (κ1) is 19.2. The van der Waals surface area contributed by atoms with Crippen molar-refractivity contribution in [3.8, 4) is 0 Å². The summed E-state index contributed by atoms with van der Waals surface area (Å²) in [6, 6.07) is 7.94. The van der Waals surface area contributed by atoms with Crippen LogP contribution in [0.15, 0.2) is 42.0 Å². The molecule has 1 aliphatic carbocycles. The molecule has 0 saturated carbocycles. The van der Waals surface area contributed by atoms with Crippen molar-refractivity contribution in [3.05, 3.63) is 53.5 Å².